The van der Waals surface area contributed by atoms with Crippen LogP contribution in [0.3, 0.4) is 0 Å². The normalized spacial score (nSPS) is 19.7. The maximum Gasteiger partial charge on any atom is 0.235 e. The monoisotopic (exact) mass is 433 g/mol. The lowest BCUT2D eigenvalue weighted by Gasteiger charge is -2.23. The molecule has 0 radical (unpaired) electrons. The average molecular weight is 433 g/mol. The third-order valence-electron chi connectivity index (χ3n) is 3.12. The van der Waals surface area contributed by atoms with Crippen LogP contribution in [-0.4, -0.2) is 33.6 Å². The molecule has 0 saturated carbocycles. The van der Waals surface area contributed by atoms with Gasteiger partial charge in [0.25, 0.3) is 0 Å². The molecule has 5 nitrogen and oxygen atoms in total. The van der Waals surface area contributed by atoms with Gasteiger partial charge in [0.1, 0.15) is 15.7 Å². The second kappa shape index (κ2) is 5.76. The van der Waals surface area contributed by atoms with Gasteiger partial charge in [-0.3, -0.25) is 4.72 Å². The number of sulfone groups is 1. The summed E-state index contributed by atoms with van der Waals surface area (Å²) in [5, 5.41) is -0.730. The zero-order valence-corrected chi connectivity index (χ0v) is 14.1. The summed E-state index contributed by atoms with van der Waals surface area (Å²) in [5.41, 5.74) is 0.306. The maximum atomic E-state index is 13.0. The Morgan fingerprint density at radius 3 is 2.40 bits per heavy atom. The standard InChI is InChI=1S/C11H13FINO4S2/c12-8-1-2-11(10(13)7-8)14-20(17,18)9-3-5-19(15,16)6-4-9/h1-2,7,9,14H,3-6H2. The molecule has 1 aliphatic rings. The fourth-order valence-corrected chi connectivity index (χ4v) is 6.08. The first-order valence-electron chi connectivity index (χ1n) is 5.87. The molecule has 1 fully saturated rings. The number of hydrogen-bond acceptors (Lipinski definition) is 4. The van der Waals surface area contributed by atoms with Crippen molar-refractivity contribution in [1.82, 2.24) is 0 Å². The summed E-state index contributed by atoms with van der Waals surface area (Å²) in [7, 11) is -6.77. The quantitative estimate of drug-likeness (QED) is 0.737. The van der Waals surface area contributed by atoms with E-state index in [0.29, 0.717) is 9.26 Å². The van der Waals surface area contributed by atoms with Crippen molar-refractivity contribution in [3.63, 3.8) is 0 Å². The molecule has 20 heavy (non-hydrogen) atoms. The van der Waals surface area contributed by atoms with E-state index in [1.165, 1.54) is 18.2 Å². The highest BCUT2D eigenvalue weighted by Crippen LogP contribution is 2.25. The molecule has 1 heterocycles. The lowest BCUT2D eigenvalue weighted by molar-refractivity contribution is 0.555. The molecule has 1 N–H and O–H groups in total. The molecule has 9 heteroatoms. The Morgan fingerprint density at radius 2 is 1.85 bits per heavy atom. The van der Waals surface area contributed by atoms with Gasteiger partial charge in [-0.1, -0.05) is 0 Å². The molecule has 0 bridgehead atoms. The van der Waals surface area contributed by atoms with Crippen molar-refractivity contribution in [3.8, 4) is 0 Å². The summed E-state index contributed by atoms with van der Waals surface area (Å²) >= 11 is 1.84. The molecule has 0 aliphatic carbocycles. The third kappa shape index (κ3) is 3.82. The topological polar surface area (TPSA) is 80.3 Å². The van der Waals surface area contributed by atoms with Gasteiger partial charge in [0.05, 0.1) is 22.4 Å². The lowest BCUT2D eigenvalue weighted by atomic mass is 10.2. The number of sulfonamides is 1. The predicted octanol–water partition coefficient (Wildman–Crippen LogP) is 1.75. The Balaban J connectivity index is 2.16. The van der Waals surface area contributed by atoms with E-state index >= 15 is 0 Å². The molecule has 0 aromatic heterocycles. The van der Waals surface area contributed by atoms with Crippen molar-refractivity contribution in [2.45, 2.75) is 18.1 Å². The van der Waals surface area contributed by atoms with E-state index in [-0.39, 0.29) is 24.3 Å². The Hall–Kier alpha value is -0.420. The summed E-state index contributed by atoms with van der Waals surface area (Å²) in [6, 6.07) is 3.75. The van der Waals surface area contributed by atoms with Gasteiger partial charge in [-0.15, -0.1) is 0 Å². The van der Waals surface area contributed by atoms with Crippen molar-refractivity contribution < 1.29 is 21.2 Å². The highest BCUT2D eigenvalue weighted by Gasteiger charge is 2.33. The van der Waals surface area contributed by atoms with E-state index in [1.807, 2.05) is 22.6 Å². The Kier molecular flexibility index (Phi) is 4.59. The molecule has 2 rings (SSSR count). The number of nitrogens with one attached hydrogen (secondary N) is 1. The summed E-state index contributed by atoms with van der Waals surface area (Å²) in [6.45, 7) is 0. The first kappa shape index (κ1) is 16.0. The van der Waals surface area contributed by atoms with E-state index in [0.717, 1.165) is 0 Å². The van der Waals surface area contributed by atoms with Crippen molar-refractivity contribution in [2.24, 2.45) is 0 Å². The van der Waals surface area contributed by atoms with Gasteiger partial charge >= 0.3 is 0 Å². The van der Waals surface area contributed by atoms with E-state index < -0.39 is 30.9 Å². The van der Waals surface area contributed by atoms with Crippen LogP contribution in [0.1, 0.15) is 12.8 Å². The average Bonchev–Trinajstić information content (AvgIpc) is 2.32. The second-order valence-corrected chi connectivity index (χ2v) is 10.0. The van der Waals surface area contributed by atoms with Crippen molar-refractivity contribution >= 4 is 48.1 Å². The largest absolute Gasteiger partial charge is 0.282 e. The van der Waals surface area contributed by atoms with Crippen LogP contribution < -0.4 is 4.72 Å². The van der Waals surface area contributed by atoms with Gasteiger partial charge in [0, 0.05) is 3.57 Å². The van der Waals surface area contributed by atoms with Gasteiger partial charge in [-0.2, -0.15) is 0 Å². The van der Waals surface area contributed by atoms with Crippen molar-refractivity contribution in [3.05, 3.63) is 27.6 Å². The molecule has 0 amide bonds. The summed E-state index contributed by atoms with van der Waals surface area (Å²) in [5.74, 6) is -0.667. The number of benzene rings is 1. The van der Waals surface area contributed by atoms with E-state index in [9.17, 15) is 21.2 Å². The number of anilines is 1. The van der Waals surface area contributed by atoms with Gasteiger partial charge in [-0.25, -0.2) is 21.2 Å². The van der Waals surface area contributed by atoms with Crippen LogP contribution in [0.5, 0.6) is 0 Å². The Bertz CT molecular complexity index is 704. The molecule has 1 aromatic rings. The summed E-state index contributed by atoms with van der Waals surface area (Å²) < 4.78 is 62.9. The lowest BCUT2D eigenvalue weighted by Crippen LogP contribution is -2.36. The van der Waals surface area contributed by atoms with Crippen molar-refractivity contribution in [1.29, 1.82) is 0 Å². The van der Waals surface area contributed by atoms with Crippen LogP contribution in [0.25, 0.3) is 0 Å². The first-order valence-corrected chi connectivity index (χ1v) is 10.3. The summed E-state index contributed by atoms with van der Waals surface area (Å²) in [4.78, 5) is 0. The molecule has 1 saturated heterocycles. The minimum absolute atomic E-state index is 0.0927. The van der Waals surface area contributed by atoms with Crippen LogP contribution in [0.15, 0.2) is 18.2 Å². The summed E-state index contributed by atoms with van der Waals surface area (Å²) in [6.07, 6.45) is 0.185. The molecular formula is C11H13FINO4S2. The fraction of sp³-hybridized carbons (Fsp3) is 0.455. The van der Waals surface area contributed by atoms with Crippen LogP contribution in [0, 0.1) is 9.39 Å². The first-order chi connectivity index (χ1) is 9.20. The van der Waals surface area contributed by atoms with E-state index in [1.54, 1.807) is 0 Å². The zero-order valence-electron chi connectivity index (χ0n) is 10.3. The molecule has 0 atom stereocenters. The van der Waals surface area contributed by atoms with Gasteiger partial charge in [0.2, 0.25) is 10.0 Å². The molecule has 0 unspecified atom stereocenters. The maximum absolute atomic E-state index is 13.0. The second-order valence-electron chi connectivity index (χ2n) is 4.62. The van der Waals surface area contributed by atoms with E-state index in [4.69, 9.17) is 0 Å². The Labute approximate surface area is 131 Å². The van der Waals surface area contributed by atoms with Gasteiger partial charge in [0.15, 0.2) is 0 Å². The van der Waals surface area contributed by atoms with Crippen LogP contribution in [0.2, 0.25) is 0 Å². The van der Waals surface area contributed by atoms with Crippen LogP contribution >= 0.6 is 22.6 Å². The molecule has 1 aromatic carbocycles. The molecule has 1 aliphatic heterocycles. The number of hydrogen-bond donors (Lipinski definition) is 1. The highest BCUT2D eigenvalue weighted by molar-refractivity contribution is 14.1. The molecular weight excluding hydrogens is 420 g/mol. The fourth-order valence-electron chi connectivity index (χ4n) is 1.99. The SMILES string of the molecule is O=S1(=O)CCC(S(=O)(=O)Nc2ccc(F)cc2I)CC1. The van der Waals surface area contributed by atoms with E-state index in [2.05, 4.69) is 4.72 Å². The Morgan fingerprint density at radius 1 is 1.25 bits per heavy atom. The smallest absolute Gasteiger partial charge is 0.235 e. The van der Waals surface area contributed by atoms with Crippen molar-refractivity contribution in [2.75, 3.05) is 16.2 Å². The number of rotatable bonds is 3. The van der Waals surface area contributed by atoms with Crippen LogP contribution in [-0.2, 0) is 19.9 Å². The third-order valence-corrected chi connectivity index (χ3v) is 7.59. The highest BCUT2D eigenvalue weighted by atomic mass is 127. The minimum Gasteiger partial charge on any atom is -0.282 e. The van der Waals surface area contributed by atoms with Gasteiger partial charge < -0.3 is 0 Å². The molecule has 112 valence electrons. The molecule has 0 spiro atoms. The minimum atomic E-state index is -3.66. The number of halogens is 2. The van der Waals surface area contributed by atoms with Gasteiger partial charge in [-0.05, 0) is 53.6 Å². The predicted molar refractivity (Wildman–Crippen MR) is 83.3 cm³/mol. The zero-order chi connectivity index (χ0) is 15.0. The van der Waals surface area contributed by atoms with Crippen LogP contribution in [0.4, 0.5) is 10.1 Å².